The molecule has 25 heavy (non-hydrogen) atoms. The van der Waals surface area contributed by atoms with E-state index in [4.69, 9.17) is 9.68 Å². The van der Waals surface area contributed by atoms with Crippen LogP contribution >= 0.6 is 0 Å². The summed E-state index contributed by atoms with van der Waals surface area (Å²) in [5, 5.41) is 19.3. The van der Waals surface area contributed by atoms with Crippen molar-refractivity contribution in [2.75, 3.05) is 0 Å². The van der Waals surface area contributed by atoms with E-state index < -0.39 is 11.3 Å². The summed E-state index contributed by atoms with van der Waals surface area (Å²) in [6.07, 6.45) is 1.37. The van der Waals surface area contributed by atoms with Crippen molar-refractivity contribution in [2.45, 2.75) is 6.92 Å². The second kappa shape index (κ2) is 5.79. The lowest BCUT2D eigenvalue weighted by atomic mass is 10.1. The van der Waals surface area contributed by atoms with E-state index in [1.807, 2.05) is 6.07 Å². The number of oxazole rings is 1. The molecule has 0 unspecified atom stereocenters. The molecule has 2 aromatic heterocycles. The van der Waals surface area contributed by atoms with E-state index in [1.165, 1.54) is 17.8 Å². The highest BCUT2D eigenvalue weighted by molar-refractivity contribution is 5.88. The summed E-state index contributed by atoms with van der Waals surface area (Å²) in [7, 11) is 2.98. The van der Waals surface area contributed by atoms with Crippen LogP contribution < -0.4 is 11.3 Å². The molecule has 3 aromatic rings. The van der Waals surface area contributed by atoms with Gasteiger partial charge in [-0.15, -0.1) is 0 Å². The molecule has 1 N–H and O–H groups in total. The highest BCUT2D eigenvalue weighted by atomic mass is 16.4. The van der Waals surface area contributed by atoms with Crippen LogP contribution in [0.2, 0.25) is 0 Å². The van der Waals surface area contributed by atoms with Gasteiger partial charge in [-0.25, -0.2) is 4.79 Å². The van der Waals surface area contributed by atoms with Crippen molar-refractivity contribution < 1.29 is 9.52 Å². The van der Waals surface area contributed by atoms with Crippen LogP contribution in [0.3, 0.4) is 0 Å². The zero-order chi connectivity index (χ0) is 18.3. The minimum Gasteiger partial charge on any atom is -0.494 e. The molecule has 0 radical (unpaired) electrons. The fraction of sp³-hybridized carbons (Fsp3) is 0.176. The third-order valence-corrected chi connectivity index (χ3v) is 4.09. The van der Waals surface area contributed by atoms with Gasteiger partial charge in [0.15, 0.2) is 5.58 Å². The van der Waals surface area contributed by atoms with E-state index >= 15 is 0 Å². The Kier molecular flexibility index (Phi) is 3.77. The van der Waals surface area contributed by atoms with E-state index in [-0.39, 0.29) is 17.0 Å². The SMILES string of the molecule is Cc1c(C=Nc2ccc3c(c2)oc(=O)n3C)c(O)n(C)c(=O)c1C#N. The molecule has 0 aliphatic heterocycles. The number of pyridine rings is 1. The maximum Gasteiger partial charge on any atom is 0.419 e. The normalized spacial score (nSPS) is 11.3. The van der Waals surface area contributed by atoms with E-state index in [0.29, 0.717) is 22.4 Å². The molecule has 0 amide bonds. The van der Waals surface area contributed by atoms with Crippen molar-refractivity contribution >= 4 is 23.0 Å². The lowest BCUT2D eigenvalue weighted by Gasteiger charge is -2.09. The number of aromatic nitrogens is 2. The first-order valence-corrected chi connectivity index (χ1v) is 7.31. The van der Waals surface area contributed by atoms with Gasteiger partial charge >= 0.3 is 5.76 Å². The predicted molar refractivity (Wildman–Crippen MR) is 91.5 cm³/mol. The molecule has 0 spiro atoms. The summed E-state index contributed by atoms with van der Waals surface area (Å²) in [6, 6.07) is 6.82. The Morgan fingerprint density at radius 1 is 1.28 bits per heavy atom. The third kappa shape index (κ3) is 2.52. The predicted octanol–water partition coefficient (Wildman–Crippen LogP) is 1.47. The Labute approximate surface area is 141 Å². The summed E-state index contributed by atoms with van der Waals surface area (Å²) < 4.78 is 7.48. The Morgan fingerprint density at radius 2 is 2.00 bits per heavy atom. The van der Waals surface area contributed by atoms with E-state index in [2.05, 4.69) is 4.99 Å². The summed E-state index contributed by atoms with van der Waals surface area (Å²) in [4.78, 5) is 27.7. The lowest BCUT2D eigenvalue weighted by Crippen LogP contribution is -2.22. The van der Waals surface area contributed by atoms with Gasteiger partial charge in [0.2, 0.25) is 5.88 Å². The highest BCUT2D eigenvalue weighted by Crippen LogP contribution is 2.22. The van der Waals surface area contributed by atoms with Crippen LogP contribution in [0.4, 0.5) is 5.69 Å². The number of rotatable bonds is 2. The lowest BCUT2D eigenvalue weighted by molar-refractivity contribution is 0.421. The number of nitrogens with zero attached hydrogens (tertiary/aromatic N) is 4. The van der Waals surface area contributed by atoms with Gasteiger partial charge in [-0.3, -0.25) is 18.9 Å². The Bertz CT molecular complexity index is 1190. The molecule has 0 bridgehead atoms. The number of hydrogen-bond acceptors (Lipinski definition) is 6. The number of hydrogen-bond donors (Lipinski definition) is 1. The number of aromatic hydroxyl groups is 1. The molecule has 0 aliphatic rings. The number of fused-ring (bicyclic) bond motifs is 1. The van der Waals surface area contributed by atoms with Gasteiger partial charge in [-0.1, -0.05) is 0 Å². The second-order valence-corrected chi connectivity index (χ2v) is 5.55. The largest absolute Gasteiger partial charge is 0.494 e. The van der Waals surface area contributed by atoms with Crippen LogP contribution in [-0.4, -0.2) is 20.5 Å². The molecule has 0 saturated heterocycles. The van der Waals surface area contributed by atoms with Crippen LogP contribution in [0.25, 0.3) is 11.1 Å². The first-order chi connectivity index (χ1) is 11.8. The van der Waals surface area contributed by atoms with Crippen molar-refractivity contribution in [3.05, 3.63) is 55.8 Å². The second-order valence-electron chi connectivity index (χ2n) is 5.55. The maximum atomic E-state index is 11.9. The number of benzene rings is 1. The van der Waals surface area contributed by atoms with Gasteiger partial charge in [0.05, 0.1) is 16.8 Å². The fourth-order valence-corrected chi connectivity index (χ4v) is 2.54. The van der Waals surface area contributed by atoms with Gasteiger partial charge in [0.1, 0.15) is 11.6 Å². The van der Waals surface area contributed by atoms with Crippen molar-refractivity contribution in [1.29, 1.82) is 5.26 Å². The van der Waals surface area contributed by atoms with Crippen molar-refractivity contribution in [3.63, 3.8) is 0 Å². The molecule has 1 aromatic carbocycles. The minimum absolute atomic E-state index is 0.0498. The molecular formula is C17H14N4O4. The van der Waals surface area contributed by atoms with Crippen LogP contribution in [0, 0.1) is 18.3 Å². The summed E-state index contributed by atoms with van der Waals surface area (Å²) >= 11 is 0. The van der Waals surface area contributed by atoms with Gasteiger partial charge in [-0.2, -0.15) is 5.26 Å². The summed E-state index contributed by atoms with van der Waals surface area (Å²) in [5.41, 5.74) is 1.52. The average Bonchev–Trinajstić information content (AvgIpc) is 2.87. The van der Waals surface area contributed by atoms with Crippen LogP contribution in [0.1, 0.15) is 16.7 Å². The van der Waals surface area contributed by atoms with E-state index in [0.717, 1.165) is 4.57 Å². The van der Waals surface area contributed by atoms with Gasteiger partial charge in [0.25, 0.3) is 5.56 Å². The number of nitriles is 1. The summed E-state index contributed by atoms with van der Waals surface area (Å²) in [6.45, 7) is 1.57. The smallest absolute Gasteiger partial charge is 0.419 e. The molecule has 8 nitrogen and oxygen atoms in total. The Hall–Kier alpha value is -3.60. The Morgan fingerprint density at radius 3 is 2.68 bits per heavy atom. The van der Waals surface area contributed by atoms with Crippen molar-refractivity contribution in [2.24, 2.45) is 19.1 Å². The van der Waals surface area contributed by atoms with Gasteiger partial charge < -0.3 is 9.52 Å². The monoisotopic (exact) mass is 338 g/mol. The Balaban J connectivity index is 2.12. The number of aliphatic imine (C=N–C) groups is 1. The van der Waals surface area contributed by atoms with Gasteiger partial charge in [0, 0.05) is 26.4 Å². The molecule has 0 atom stereocenters. The molecule has 2 heterocycles. The molecule has 0 saturated carbocycles. The minimum atomic E-state index is -0.567. The third-order valence-electron chi connectivity index (χ3n) is 4.09. The molecular weight excluding hydrogens is 324 g/mol. The average molecular weight is 338 g/mol. The molecule has 8 heteroatoms. The fourth-order valence-electron chi connectivity index (χ4n) is 2.54. The quantitative estimate of drug-likeness (QED) is 0.711. The highest BCUT2D eigenvalue weighted by Gasteiger charge is 2.15. The molecule has 0 fully saturated rings. The first kappa shape index (κ1) is 16.3. The standard InChI is InChI=1S/C17H14N4O4/c1-9-11(7-18)15(22)21(3)16(23)12(9)8-19-10-4-5-13-14(6-10)25-17(24)20(13)2/h4-6,8,23H,1-3H3. The maximum absolute atomic E-state index is 11.9. The topological polar surface area (TPSA) is 114 Å². The first-order valence-electron chi connectivity index (χ1n) is 7.31. The van der Waals surface area contributed by atoms with E-state index in [1.54, 1.807) is 32.2 Å². The van der Waals surface area contributed by atoms with Crippen molar-refractivity contribution in [1.82, 2.24) is 9.13 Å². The van der Waals surface area contributed by atoms with Crippen LogP contribution in [-0.2, 0) is 14.1 Å². The van der Waals surface area contributed by atoms with E-state index in [9.17, 15) is 14.7 Å². The molecule has 3 rings (SSSR count). The van der Waals surface area contributed by atoms with Gasteiger partial charge in [-0.05, 0) is 24.6 Å². The van der Waals surface area contributed by atoms with Crippen molar-refractivity contribution in [3.8, 4) is 11.9 Å². The molecule has 0 aliphatic carbocycles. The summed E-state index contributed by atoms with van der Waals surface area (Å²) in [5.74, 6) is -0.751. The zero-order valence-corrected chi connectivity index (χ0v) is 13.8. The zero-order valence-electron chi connectivity index (χ0n) is 13.8. The number of aryl methyl sites for hydroxylation is 1. The van der Waals surface area contributed by atoms with Crippen LogP contribution in [0.5, 0.6) is 5.88 Å². The van der Waals surface area contributed by atoms with Crippen LogP contribution in [0.15, 0.2) is 37.2 Å². The molecule has 126 valence electrons.